The van der Waals surface area contributed by atoms with E-state index in [9.17, 15) is 4.79 Å². The fourth-order valence-electron chi connectivity index (χ4n) is 3.02. The number of benzene rings is 1. The van der Waals surface area contributed by atoms with E-state index >= 15 is 0 Å². The second-order valence-corrected chi connectivity index (χ2v) is 6.17. The van der Waals surface area contributed by atoms with Crippen LogP contribution in [0.25, 0.3) is 0 Å². The Morgan fingerprint density at radius 1 is 1.38 bits per heavy atom. The number of anilines is 1. The van der Waals surface area contributed by atoms with Crippen molar-refractivity contribution in [2.24, 2.45) is 0 Å². The number of rotatable bonds is 7. The summed E-state index contributed by atoms with van der Waals surface area (Å²) in [4.78, 5) is 19.8. The molecule has 7 nitrogen and oxygen atoms in total. The first-order valence-electron chi connectivity index (χ1n) is 8.90. The van der Waals surface area contributed by atoms with Gasteiger partial charge in [0.2, 0.25) is 0 Å². The average Bonchev–Trinajstić information content (AvgIpc) is 2.64. The van der Waals surface area contributed by atoms with Gasteiger partial charge in [0.1, 0.15) is 17.4 Å². The zero-order valence-electron chi connectivity index (χ0n) is 14.9. The molecule has 1 saturated heterocycles. The molecule has 7 heteroatoms. The van der Waals surface area contributed by atoms with Crippen LogP contribution >= 0.6 is 0 Å². The summed E-state index contributed by atoms with van der Waals surface area (Å²) in [6.07, 6.45) is 3.21. The Morgan fingerprint density at radius 3 is 2.88 bits per heavy atom. The van der Waals surface area contributed by atoms with Crippen LogP contribution in [0.3, 0.4) is 0 Å². The van der Waals surface area contributed by atoms with Crippen molar-refractivity contribution < 1.29 is 9.47 Å². The van der Waals surface area contributed by atoms with Crippen molar-refractivity contribution in [2.75, 3.05) is 25.1 Å². The molecular formula is C19H24N4O3. The topological polar surface area (TPSA) is 100 Å². The summed E-state index contributed by atoms with van der Waals surface area (Å²) in [5.41, 5.74) is 0.893. The highest BCUT2D eigenvalue weighted by Gasteiger charge is 2.18. The number of hydrogen-bond donors (Lipinski definition) is 3. The Morgan fingerprint density at radius 2 is 2.15 bits per heavy atom. The summed E-state index contributed by atoms with van der Waals surface area (Å²) in [6.45, 7) is 3.89. The highest BCUT2D eigenvalue weighted by molar-refractivity contribution is 5.83. The zero-order valence-corrected chi connectivity index (χ0v) is 14.9. The van der Waals surface area contributed by atoms with Gasteiger partial charge in [-0.05, 0) is 25.8 Å². The Kier molecular flexibility index (Phi) is 6.01. The minimum atomic E-state index is -0.312. The SMILES string of the molecule is CCOc1ccccc1Cc1nc(NC2CCOCC2)c(C=N)c(=O)[nH]1. The molecule has 1 aliphatic heterocycles. The molecule has 1 aromatic heterocycles. The monoisotopic (exact) mass is 356 g/mol. The van der Waals surface area contributed by atoms with E-state index < -0.39 is 0 Å². The van der Waals surface area contributed by atoms with Gasteiger partial charge in [-0.2, -0.15) is 0 Å². The lowest BCUT2D eigenvalue weighted by atomic mass is 10.1. The van der Waals surface area contributed by atoms with E-state index in [-0.39, 0.29) is 17.2 Å². The lowest BCUT2D eigenvalue weighted by Gasteiger charge is -2.24. The van der Waals surface area contributed by atoms with Crippen molar-refractivity contribution in [3.05, 3.63) is 51.6 Å². The summed E-state index contributed by atoms with van der Waals surface area (Å²) in [5.74, 6) is 1.79. The predicted octanol–water partition coefficient (Wildman–Crippen LogP) is 2.35. The second kappa shape index (κ2) is 8.62. The molecule has 3 N–H and O–H groups in total. The molecule has 0 radical (unpaired) electrons. The van der Waals surface area contributed by atoms with Gasteiger partial charge >= 0.3 is 0 Å². The fourth-order valence-corrected chi connectivity index (χ4v) is 3.02. The van der Waals surface area contributed by atoms with E-state index in [1.807, 2.05) is 31.2 Å². The van der Waals surface area contributed by atoms with Crippen molar-refractivity contribution in [2.45, 2.75) is 32.2 Å². The molecule has 26 heavy (non-hydrogen) atoms. The lowest BCUT2D eigenvalue weighted by Crippen LogP contribution is -2.30. The highest BCUT2D eigenvalue weighted by Crippen LogP contribution is 2.21. The highest BCUT2D eigenvalue weighted by atomic mass is 16.5. The molecule has 1 aromatic carbocycles. The molecule has 0 bridgehead atoms. The smallest absolute Gasteiger partial charge is 0.261 e. The van der Waals surface area contributed by atoms with Gasteiger partial charge in [0, 0.05) is 37.5 Å². The molecule has 2 heterocycles. The van der Waals surface area contributed by atoms with Crippen molar-refractivity contribution in [3.8, 4) is 5.75 Å². The molecule has 0 spiro atoms. The molecule has 1 aliphatic rings. The second-order valence-electron chi connectivity index (χ2n) is 6.17. The Balaban J connectivity index is 1.88. The molecule has 0 amide bonds. The maximum atomic E-state index is 12.4. The molecule has 138 valence electrons. The van der Waals surface area contributed by atoms with E-state index in [1.54, 1.807) is 0 Å². The molecule has 0 saturated carbocycles. The third-order valence-electron chi connectivity index (χ3n) is 4.34. The van der Waals surface area contributed by atoms with Gasteiger partial charge in [-0.25, -0.2) is 4.98 Å². The first kappa shape index (κ1) is 18.1. The minimum absolute atomic E-state index is 0.195. The van der Waals surface area contributed by atoms with E-state index in [0.29, 0.717) is 37.9 Å². The van der Waals surface area contributed by atoms with Crippen LogP contribution in [-0.4, -0.2) is 42.0 Å². The van der Waals surface area contributed by atoms with E-state index in [0.717, 1.165) is 30.4 Å². The maximum absolute atomic E-state index is 12.4. The molecular weight excluding hydrogens is 332 g/mol. The third-order valence-corrected chi connectivity index (χ3v) is 4.34. The van der Waals surface area contributed by atoms with Gasteiger partial charge < -0.3 is 25.2 Å². The summed E-state index contributed by atoms with van der Waals surface area (Å²) < 4.78 is 11.0. The number of H-pyrrole nitrogens is 1. The first-order valence-corrected chi connectivity index (χ1v) is 8.90. The number of nitrogens with zero attached hydrogens (tertiary/aromatic N) is 1. The summed E-state index contributed by atoms with van der Waals surface area (Å²) in [7, 11) is 0. The van der Waals surface area contributed by atoms with Crippen LogP contribution < -0.4 is 15.6 Å². The van der Waals surface area contributed by atoms with Gasteiger partial charge in [0.15, 0.2) is 0 Å². The molecule has 0 aliphatic carbocycles. The van der Waals surface area contributed by atoms with Crippen LogP contribution in [0, 0.1) is 5.41 Å². The van der Waals surface area contributed by atoms with Crippen molar-refractivity contribution in [1.29, 1.82) is 5.41 Å². The van der Waals surface area contributed by atoms with E-state index in [4.69, 9.17) is 14.9 Å². The summed E-state index contributed by atoms with van der Waals surface area (Å²) in [6, 6.07) is 7.91. The summed E-state index contributed by atoms with van der Waals surface area (Å²) in [5, 5.41) is 10.9. The fraction of sp³-hybridized carbons (Fsp3) is 0.421. The van der Waals surface area contributed by atoms with Crippen molar-refractivity contribution in [3.63, 3.8) is 0 Å². The number of aromatic amines is 1. The van der Waals surface area contributed by atoms with Crippen LogP contribution in [0.1, 0.15) is 36.7 Å². The molecule has 0 unspecified atom stereocenters. The van der Waals surface area contributed by atoms with Crippen LogP contribution in [-0.2, 0) is 11.2 Å². The minimum Gasteiger partial charge on any atom is -0.494 e. The van der Waals surface area contributed by atoms with Gasteiger partial charge in [-0.1, -0.05) is 18.2 Å². The molecule has 2 aromatic rings. The first-order chi connectivity index (χ1) is 12.7. The number of nitrogens with one attached hydrogen (secondary N) is 3. The van der Waals surface area contributed by atoms with Crippen LogP contribution in [0.2, 0.25) is 0 Å². The van der Waals surface area contributed by atoms with Gasteiger partial charge in [-0.15, -0.1) is 0 Å². The Bertz CT molecular complexity index is 813. The van der Waals surface area contributed by atoms with Gasteiger partial charge in [-0.3, -0.25) is 4.79 Å². The third kappa shape index (κ3) is 4.29. The van der Waals surface area contributed by atoms with Gasteiger partial charge in [0.05, 0.1) is 12.2 Å². The number of aromatic nitrogens is 2. The predicted molar refractivity (Wildman–Crippen MR) is 101 cm³/mol. The number of ether oxygens (including phenoxy) is 2. The molecule has 0 atom stereocenters. The van der Waals surface area contributed by atoms with E-state index in [1.165, 1.54) is 0 Å². The van der Waals surface area contributed by atoms with Crippen LogP contribution in [0.15, 0.2) is 29.1 Å². The Labute approximate surface area is 152 Å². The largest absolute Gasteiger partial charge is 0.494 e. The van der Waals surface area contributed by atoms with Crippen LogP contribution in [0.4, 0.5) is 5.82 Å². The standard InChI is InChI=1S/C19H24N4O3/c1-2-26-16-6-4-3-5-13(16)11-17-22-18(15(12-20)19(24)23-17)21-14-7-9-25-10-8-14/h3-6,12,14,20H,2,7-11H2,1H3,(H2,21,22,23,24). The van der Waals surface area contributed by atoms with Gasteiger partial charge in [0.25, 0.3) is 5.56 Å². The van der Waals surface area contributed by atoms with Crippen molar-refractivity contribution in [1.82, 2.24) is 9.97 Å². The Hall–Kier alpha value is -2.67. The lowest BCUT2D eigenvalue weighted by molar-refractivity contribution is 0.0904. The zero-order chi connectivity index (χ0) is 18.4. The van der Waals surface area contributed by atoms with Crippen LogP contribution in [0.5, 0.6) is 5.75 Å². The number of para-hydroxylation sites is 1. The quantitative estimate of drug-likeness (QED) is 0.661. The average molecular weight is 356 g/mol. The van der Waals surface area contributed by atoms with Crippen molar-refractivity contribution >= 4 is 12.0 Å². The number of hydrogen-bond acceptors (Lipinski definition) is 6. The normalized spacial score (nSPS) is 14.8. The molecule has 3 rings (SSSR count). The maximum Gasteiger partial charge on any atom is 0.261 e. The molecule has 1 fully saturated rings. The van der Waals surface area contributed by atoms with E-state index in [2.05, 4.69) is 15.3 Å². The summed E-state index contributed by atoms with van der Waals surface area (Å²) >= 11 is 0.